The molecule has 24 heavy (non-hydrogen) atoms. The van der Waals surface area contributed by atoms with E-state index in [1.807, 2.05) is 12.1 Å². The second kappa shape index (κ2) is 5.95. The van der Waals surface area contributed by atoms with Gasteiger partial charge >= 0.3 is 6.01 Å². The van der Waals surface area contributed by atoms with E-state index in [0.717, 1.165) is 29.6 Å². The van der Waals surface area contributed by atoms with Crippen molar-refractivity contribution in [2.75, 3.05) is 26.1 Å². The van der Waals surface area contributed by atoms with Gasteiger partial charge in [-0.25, -0.2) is 14.5 Å². The number of hydrogen-bond acceptors (Lipinski definition) is 7. The molecule has 0 bridgehead atoms. The normalized spacial score (nSPS) is 13.9. The number of anilines is 1. The van der Waals surface area contributed by atoms with Gasteiger partial charge in [-0.15, -0.1) is 5.10 Å². The first-order chi connectivity index (χ1) is 11.8. The fourth-order valence-corrected chi connectivity index (χ4v) is 2.50. The molecule has 0 atom stereocenters. The molecule has 0 radical (unpaired) electrons. The molecule has 1 aliphatic carbocycles. The summed E-state index contributed by atoms with van der Waals surface area (Å²) in [6, 6.07) is 4.13. The van der Waals surface area contributed by atoms with E-state index in [1.54, 1.807) is 24.0 Å². The second-order valence-electron chi connectivity index (χ2n) is 5.74. The van der Waals surface area contributed by atoms with Gasteiger partial charge in [0.1, 0.15) is 5.82 Å². The van der Waals surface area contributed by atoms with Crippen molar-refractivity contribution in [3.8, 4) is 23.1 Å². The Labute approximate surface area is 138 Å². The Morgan fingerprint density at radius 1 is 1.17 bits per heavy atom. The van der Waals surface area contributed by atoms with Gasteiger partial charge in [-0.3, -0.25) is 0 Å². The number of nitrogens with zero attached hydrogens (tertiary/aromatic N) is 5. The van der Waals surface area contributed by atoms with E-state index >= 15 is 0 Å². The highest BCUT2D eigenvalue weighted by molar-refractivity contribution is 5.67. The zero-order valence-electron chi connectivity index (χ0n) is 13.6. The lowest BCUT2D eigenvalue weighted by Gasteiger charge is -2.09. The minimum absolute atomic E-state index is 0.254. The van der Waals surface area contributed by atoms with Crippen molar-refractivity contribution in [2.24, 2.45) is 5.92 Å². The standard InChI is InChI=1S/C16H18N6O2/c1-23-15-11(8-19-16(20-15)24-2)12-9-18-14-6-5-13(21-22(12)14)17-7-10-3-4-10/h5-6,8-10H,3-4,7H2,1-2H3,(H,17,21). The van der Waals surface area contributed by atoms with E-state index in [9.17, 15) is 0 Å². The van der Waals surface area contributed by atoms with Crippen LogP contribution in [0.3, 0.4) is 0 Å². The van der Waals surface area contributed by atoms with E-state index < -0.39 is 0 Å². The Hall–Kier alpha value is -2.90. The molecular weight excluding hydrogens is 308 g/mol. The summed E-state index contributed by atoms with van der Waals surface area (Å²) in [6.07, 6.45) is 5.98. The summed E-state index contributed by atoms with van der Waals surface area (Å²) in [4.78, 5) is 12.8. The molecule has 8 nitrogen and oxygen atoms in total. The number of ether oxygens (including phenoxy) is 2. The Bertz CT molecular complexity index is 874. The Morgan fingerprint density at radius 2 is 2.04 bits per heavy atom. The van der Waals surface area contributed by atoms with Crippen LogP contribution >= 0.6 is 0 Å². The number of fused-ring (bicyclic) bond motifs is 1. The van der Waals surface area contributed by atoms with Gasteiger partial charge in [-0.05, 0) is 30.9 Å². The van der Waals surface area contributed by atoms with Crippen molar-refractivity contribution in [1.29, 1.82) is 0 Å². The fourth-order valence-electron chi connectivity index (χ4n) is 2.50. The van der Waals surface area contributed by atoms with Crippen molar-refractivity contribution >= 4 is 11.5 Å². The zero-order valence-corrected chi connectivity index (χ0v) is 13.6. The summed E-state index contributed by atoms with van der Waals surface area (Å²) < 4.78 is 12.2. The molecule has 0 unspecified atom stereocenters. The summed E-state index contributed by atoms with van der Waals surface area (Å²) in [5.41, 5.74) is 2.22. The lowest BCUT2D eigenvalue weighted by atomic mass is 10.2. The molecule has 1 saturated carbocycles. The molecule has 8 heteroatoms. The van der Waals surface area contributed by atoms with Gasteiger partial charge in [0, 0.05) is 12.7 Å². The molecule has 124 valence electrons. The molecule has 0 aromatic carbocycles. The second-order valence-corrected chi connectivity index (χ2v) is 5.74. The maximum atomic E-state index is 5.36. The molecule has 4 rings (SSSR count). The van der Waals surface area contributed by atoms with Gasteiger partial charge in [0.15, 0.2) is 5.65 Å². The monoisotopic (exact) mass is 326 g/mol. The summed E-state index contributed by atoms with van der Waals surface area (Å²) >= 11 is 0. The van der Waals surface area contributed by atoms with Crippen LogP contribution in [0.4, 0.5) is 5.82 Å². The number of methoxy groups -OCH3 is 2. The van der Waals surface area contributed by atoms with Gasteiger partial charge in [0.05, 0.1) is 31.7 Å². The molecule has 0 spiro atoms. The SMILES string of the molecule is COc1ncc(-c2cnc3ccc(NCC4CC4)nn23)c(OC)n1. The molecule has 0 saturated heterocycles. The molecule has 0 amide bonds. The van der Waals surface area contributed by atoms with Crippen LogP contribution in [0.25, 0.3) is 16.9 Å². The maximum absolute atomic E-state index is 5.36. The molecule has 0 aliphatic heterocycles. The lowest BCUT2D eigenvalue weighted by molar-refractivity contribution is 0.353. The first kappa shape index (κ1) is 14.7. The Balaban J connectivity index is 1.74. The van der Waals surface area contributed by atoms with Crippen LogP contribution in [-0.2, 0) is 0 Å². The van der Waals surface area contributed by atoms with Crippen molar-refractivity contribution < 1.29 is 9.47 Å². The fraction of sp³-hybridized carbons (Fsp3) is 0.375. The van der Waals surface area contributed by atoms with Crippen LogP contribution in [0.2, 0.25) is 0 Å². The smallest absolute Gasteiger partial charge is 0.319 e. The maximum Gasteiger partial charge on any atom is 0.319 e. The number of imidazole rings is 1. The first-order valence-corrected chi connectivity index (χ1v) is 7.82. The highest BCUT2D eigenvalue weighted by Crippen LogP contribution is 2.30. The van der Waals surface area contributed by atoms with Crippen LogP contribution in [0, 0.1) is 5.92 Å². The number of nitrogens with one attached hydrogen (secondary N) is 1. The van der Waals surface area contributed by atoms with E-state index in [-0.39, 0.29) is 6.01 Å². The largest absolute Gasteiger partial charge is 0.480 e. The molecule has 3 aromatic rings. The lowest BCUT2D eigenvalue weighted by Crippen LogP contribution is -2.07. The zero-order chi connectivity index (χ0) is 16.5. The molecule has 3 heterocycles. The highest BCUT2D eigenvalue weighted by atomic mass is 16.5. The van der Waals surface area contributed by atoms with Gasteiger partial charge in [0.2, 0.25) is 5.88 Å². The van der Waals surface area contributed by atoms with Crippen LogP contribution < -0.4 is 14.8 Å². The van der Waals surface area contributed by atoms with Crippen LogP contribution in [0.1, 0.15) is 12.8 Å². The Kier molecular flexibility index (Phi) is 3.64. The predicted octanol–water partition coefficient (Wildman–Crippen LogP) is 2.03. The average Bonchev–Trinajstić information content (AvgIpc) is 3.37. The third kappa shape index (κ3) is 2.70. The number of hydrogen-bond donors (Lipinski definition) is 1. The third-order valence-electron chi connectivity index (χ3n) is 4.01. The summed E-state index contributed by atoms with van der Waals surface area (Å²) in [6.45, 7) is 0.956. The van der Waals surface area contributed by atoms with Crippen molar-refractivity contribution in [3.05, 3.63) is 24.5 Å². The topological polar surface area (TPSA) is 86.5 Å². The molecule has 1 N–H and O–H groups in total. The van der Waals surface area contributed by atoms with Crippen molar-refractivity contribution in [1.82, 2.24) is 24.6 Å². The average molecular weight is 326 g/mol. The Morgan fingerprint density at radius 3 is 2.79 bits per heavy atom. The van der Waals surface area contributed by atoms with Gasteiger partial charge < -0.3 is 14.8 Å². The predicted molar refractivity (Wildman–Crippen MR) is 88.3 cm³/mol. The van der Waals surface area contributed by atoms with E-state index in [4.69, 9.17) is 9.47 Å². The van der Waals surface area contributed by atoms with E-state index in [2.05, 4.69) is 25.4 Å². The molecule has 1 fully saturated rings. The van der Waals surface area contributed by atoms with Gasteiger partial charge in [0.25, 0.3) is 0 Å². The molecule has 3 aromatic heterocycles. The van der Waals surface area contributed by atoms with Crippen LogP contribution in [0.5, 0.6) is 11.9 Å². The number of rotatable bonds is 6. The van der Waals surface area contributed by atoms with Crippen molar-refractivity contribution in [3.63, 3.8) is 0 Å². The molecular formula is C16H18N6O2. The van der Waals surface area contributed by atoms with E-state index in [1.165, 1.54) is 20.0 Å². The third-order valence-corrected chi connectivity index (χ3v) is 4.01. The summed E-state index contributed by atoms with van der Waals surface area (Å²) in [5.74, 6) is 2.02. The number of aromatic nitrogens is 5. The quantitative estimate of drug-likeness (QED) is 0.741. The minimum Gasteiger partial charge on any atom is -0.480 e. The summed E-state index contributed by atoms with van der Waals surface area (Å²) in [5, 5.41) is 8.00. The minimum atomic E-state index is 0.254. The van der Waals surface area contributed by atoms with E-state index in [0.29, 0.717) is 11.4 Å². The van der Waals surface area contributed by atoms with Gasteiger partial charge in [-0.2, -0.15) is 4.98 Å². The molecule has 1 aliphatic rings. The van der Waals surface area contributed by atoms with Gasteiger partial charge in [-0.1, -0.05) is 0 Å². The van der Waals surface area contributed by atoms with Crippen LogP contribution in [0.15, 0.2) is 24.5 Å². The van der Waals surface area contributed by atoms with Crippen molar-refractivity contribution in [2.45, 2.75) is 12.8 Å². The summed E-state index contributed by atoms with van der Waals surface area (Å²) in [7, 11) is 3.08. The highest BCUT2D eigenvalue weighted by Gasteiger charge is 2.21. The first-order valence-electron chi connectivity index (χ1n) is 7.82. The van der Waals surface area contributed by atoms with Crippen LogP contribution in [-0.4, -0.2) is 45.3 Å².